The van der Waals surface area contributed by atoms with Crippen LogP contribution in [0.5, 0.6) is 0 Å². The fraction of sp³-hybridized carbons (Fsp3) is 0.268. The van der Waals surface area contributed by atoms with Crippen molar-refractivity contribution in [2.45, 2.75) is 101 Å². The van der Waals surface area contributed by atoms with Crippen molar-refractivity contribution in [1.82, 2.24) is 0 Å². The highest BCUT2D eigenvalue weighted by molar-refractivity contribution is 7.98. The van der Waals surface area contributed by atoms with Crippen LogP contribution in [0.3, 0.4) is 0 Å². The van der Waals surface area contributed by atoms with Gasteiger partial charge in [-0.15, -0.1) is 0 Å². The first-order chi connectivity index (χ1) is 45.4. The minimum absolute atomic E-state index is 0.0523. The van der Waals surface area contributed by atoms with Gasteiger partial charge in [0.15, 0.2) is 22.4 Å². The Bertz CT molecular complexity index is 3690. The van der Waals surface area contributed by atoms with Gasteiger partial charge in [0.25, 0.3) is 0 Å². The monoisotopic (exact) mass is 1290 g/mol. The molecule has 0 bridgehead atoms. The number of thioether (sulfide) groups is 1. The van der Waals surface area contributed by atoms with Gasteiger partial charge in [-0.05, 0) is 141 Å². The van der Waals surface area contributed by atoms with Gasteiger partial charge in [-0.1, -0.05) is 220 Å². The number of esters is 4. The molecule has 0 fully saturated rings. The zero-order valence-corrected chi connectivity index (χ0v) is 56.5. The fourth-order valence-corrected chi connectivity index (χ4v) is 14.0. The maximum absolute atomic E-state index is 12.4. The number of benzene rings is 8. The van der Waals surface area contributed by atoms with Crippen LogP contribution >= 0.6 is 24.4 Å². The van der Waals surface area contributed by atoms with E-state index in [4.69, 9.17) is 23.7 Å². The topological polar surface area (TPSA) is 135 Å². The molecule has 0 saturated heterocycles. The van der Waals surface area contributed by atoms with E-state index in [1.807, 2.05) is 145 Å². The van der Waals surface area contributed by atoms with Gasteiger partial charge in [-0.2, -0.15) is 24.4 Å². The van der Waals surface area contributed by atoms with Crippen LogP contribution in [0.4, 0.5) is 0 Å². The van der Waals surface area contributed by atoms with Crippen LogP contribution < -0.4 is 0 Å². The average Bonchev–Trinajstić information content (AvgIpc) is 1.60. The minimum atomic E-state index is -0.855. The van der Waals surface area contributed by atoms with Gasteiger partial charge >= 0.3 is 23.9 Å². The molecular formula is C82H84O10S2. The molecule has 1 N–H and O–H groups in total. The predicted octanol–water partition coefficient (Wildman–Crippen LogP) is 18.2. The maximum Gasteiger partial charge on any atom is 0.334 e. The third-order valence-corrected chi connectivity index (χ3v) is 18.7. The lowest BCUT2D eigenvalue weighted by atomic mass is 9.86. The Balaban J connectivity index is 0.000000148. The van der Waals surface area contributed by atoms with Crippen LogP contribution in [0, 0.1) is 0 Å². The molecule has 0 amide bonds. The van der Waals surface area contributed by atoms with E-state index in [1.54, 1.807) is 34.8 Å². The molecule has 0 aliphatic heterocycles. The van der Waals surface area contributed by atoms with Crippen LogP contribution in [0.15, 0.2) is 243 Å². The minimum Gasteiger partial charge on any atom is -0.446 e. The first-order valence-corrected chi connectivity index (χ1v) is 33.9. The van der Waals surface area contributed by atoms with E-state index in [2.05, 4.69) is 106 Å². The number of carbonyl (C=O) groups excluding carboxylic acids is 4. The van der Waals surface area contributed by atoms with Crippen molar-refractivity contribution >= 4 is 48.3 Å². The lowest BCUT2D eigenvalue weighted by Gasteiger charge is -2.32. The lowest BCUT2D eigenvalue weighted by Crippen LogP contribution is -2.32. The van der Waals surface area contributed by atoms with Crippen molar-refractivity contribution in [2.75, 3.05) is 38.1 Å². The van der Waals surface area contributed by atoms with Crippen LogP contribution in [0.2, 0.25) is 0 Å². The van der Waals surface area contributed by atoms with Crippen LogP contribution in [0.25, 0.3) is 44.5 Å². The Kier molecular flexibility index (Phi) is 22.9. The summed E-state index contributed by atoms with van der Waals surface area (Å²) in [5.41, 5.74) is 15.8. The van der Waals surface area contributed by atoms with Gasteiger partial charge in [-0.3, -0.25) is 0 Å². The standard InChI is InChI=1S/C21H22O3.C21H22O2S.C20H20O3.C20H20O2S/c1-15(2)20(22)24-21(13-8-14-23-3)18-11-6-4-9-16(18)17-10-5-7-12-19(17)21;1-15(2)20(22)23-21(13-8-14-24-3)18-11-6-4-9-16(18)17-10-5-7-12-19(17)21;1-14(2)19(22)23-20(12-7-13-21)17-10-5-3-8-15(17)16-9-4-6-11-18(16)20;1-14(2)19(21)22-20(12-7-13-23)17-10-5-3-8-15(17)16-9-4-6-11-18(16)20/h2*4-7,9-12H,1,8,13-14H2,2-3H3;3-6,8-11,21H,1,7,12-13H2,2H3;3-6,8-11,23H,1,7,12-13H2,2H3. The normalized spacial score (nSPS) is 14.0. The van der Waals surface area contributed by atoms with Crippen molar-refractivity contribution in [3.8, 4) is 44.5 Å². The number of thiol groups is 1. The number of methoxy groups -OCH3 is 1. The molecule has 94 heavy (non-hydrogen) atoms. The van der Waals surface area contributed by atoms with Crippen molar-refractivity contribution in [2.24, 2.45) is 0 Å². The number of ether oxygens (including phenoxy) is 5. The predicted molar refractivity (Wildman–Crippen MR) is 382 cm³/mol. The summed E-state index contributed by atoms with van der Waals surface area (Å²) in [6.07, 6.45) is 7.98. The lowest BCUT2D eigenvalue weighted by molar-refractivity contribution is -0.153. The zero-order chi connectivity index (χ0) is 67.2. The molecule has 4 aliphatic carbocycles. The highest BCUT2D eigenvalue weighted by Gasteiger charge is 2.50. The Morgan fingerprint density at radius 1 is 0.372 bits per heavy atom. The summed E-state index contributed by atoms with van der Waals surface area (Å²) in [6.45, 7) is 22.3. The zero-order valence-electron chi connectivity index (χ0n) is 54.8. The molecule has 8 aromatic rings. The highest BCUT2D eigenvalue weighted by atomic mass is 32.2. The number of fused-ring (bicyclic) bond motifs is 12. The summed E-state index contributed by atoms with van der Waals surface area (Å²) in [5, 5.41) is 9.32. The fourth-order valence-electron chi connectivity index (χ4n) is 13.4. The molecule has 484 valence electrons. The Labute approximate surface area is 564 Å². The van der Waals surface area contributed by atoms with E-state index >= 15 is 0 Å². The van der Waals surface area contributed by atoms with Gasteiger partial charge in [0.1, 0.15) is 0 Å². The second kappa shape index (κ2) is 31.0. The first kappa shape index (κ1) is 69.6. The molecule has 12 heteroatoms. The Morgan fingerprint density at radius 3 is 0.787 bits per heavy atom. The smallest absolute Gasteiger partial charge is 0.334 e. The molecule has 0 spiro atoms. The van der Waals surface area contributed by atoms with Crippen molar-refractivity contribution in [1.29, 1.82) is 0 Å². The van der Waals surface area contributed by atoms with Crippen molar-refractivity contribution in [3.05, 3.63) is 287 Å². The molecular weight excluding hydrogens is 1210 g/mol. The number of rotatable bonds is 22. The second-order valence-corrected chi connectivity index (χ2v) is 25.6. The number of aliphatic hydroxyl groups excluding tert-OH is 1. The van der Waals surface area contributed by atoms with Crippen LogP contribution in [-0.2, 0) is 65.3 Å². The van der Waals surface area contributed by atoms with Gasteiger partial charge in [0.2, 0.25) is 0 Å². The highest BCUT2D eigenvalue weighted by Crippen LogP contribution is 2.56. The summed E-state index contributed by atoms with van der Waals surface area (Å²) in [7, 11) is 1.68. The average molecular weight is 1290 g/mol. The van der Waals surface area contributed by atoms with Gasteiger partial charge < -0.3 is 28.8 Å². The van der Waals surface area contributed by atoms with E-state index in [0.29, 0.717) is 54.6 Å². The molecule has 4 aliphatic rings. The summed E-state index contributed by atoms with van der Waals surface area (Å²) in [4.78, 5) is 49.5. The van der Waals surface area contributed by atoms with Crippen molar-refractivity contribution in [3.63, 3.8) is 0 Å². The molecule has 0 atom stereocenters. The van der Waals surface area contributed by atoms with E-state index in [0.717, 1.165) is 126 Å². The third kappa shape index (κ3) is 13.9. The van der Waals surface area contributed by atoms with Crippen molar-refractivity contribution < 1.29 is 48.0 Å². The quantitative estimate of drug-likeness (QED) is 0.0221. The number of aliphatic hydroxyl groups is 1. The first-order valence-electron chi connectivity index (χ1n) is 31.9. The SMILES string of the molecule is C=C(C)C(=O)OC1(CCCO)c2ccccc2-c2ccccc21.C=C(C)C(=O)OC1(CCCOC)c2ccccc2-c2ccccc21.C=C(C)C(=O)OC1(CCCS)c2ccccc2-c2ccccc21.C=C(C)C(=O)OC1(CCCSC)c2ccccc2-c2ccccc21. The molecule has 8 aromatic carbocycles. The molecule has 10 nitrogen and oxygen atoms in total. The molecule has 12 rings (SSSR count). The third-order valence-electron chi connectivity index (χ3n) is 17.6. The summed E-state index contributed by atoms with van der Waals surface area (Å²) < 4.78 is 29.4. The van der Waals surface area contributed by atoms with E-state index in [9.17, 15) is 24.3 Å². The second-order valence-electron chi connectivity index (χ2n) is 24.2. The Morgan fingerprint density at radius 2 is 0.585 bits per heavy atom. The summed E-state index contributed by atoms with van der Waals surface area (Å²) >= 11 is 6.16. The molecule has 0 unspecified atom stereocenters. The van der Waals surface area contributed by atoms with Crippen LogP contribution in [0.1, 0.15) is 124 Å². The summed E-state index contributed by atoms with van der Waals surface area (Å²) in [5.74, 6) is 0.336. The molecule has 0 radical (unpaired) electrons. The van der Waals surface area contributed by atoms with Gasteiger partial charge in [0.05, 0.1) is 0 Å². The van der Waals surface area contributed by atoms with E-state index < -0.39 is 28.4 Å². The largest absolute Gasteiger partial charge is 0.446 e. The van der Waals surface area contributed by atoms with Crippen LogP contribution in [-0.4, -0.2) is 67.1 Å². The van der Waals surface area contributed by atoms with Gasteiger partial charge in [-0.25, -0.2) is 19.2 Å². The summed E-state index contributed by atoms with van der Waals surface area (Å²) in [6, 6.07) is 65.0. The Hall–Kier alpha value is -8.78. The van der Waals surface area contributed by atoms with E-state index in [-0.39, 0.29) is 24.5 Å². The maximum atomic E-state index is 12.4. The van der Waals surface area contributed by atoms with Gasteiger partial charge in [0, 0.05) is 87.1 Å². The number of hydrogen-bond donors (Lipinski definition) is 2. The number of carbonyl (C=O) groups is 4. The molecule has 0 aromatic heterocycles. The molecule has 0 saturated carbocycles. The molecule has 0 heterocycles. The number of hydrogen-bond acceptors (Lipinski definition) is 12. The van der Waals surface area contributed by atoms with E-state index in [1.165, 1.54) is 0 Å².